The van der Waals surface area contributed by atoms with Crippen molar-refractivity contribution >= 4 is 17.0 Å². The predicted molar refractivity (Wildman–Crippen MR) is 74.8 cm³/mol. The minimum absolute atomic E-state index is 0.414. The zero-order chi connectivity index (χ0) is 13.8. The molecule has 0 saturated heterocycles. The number of ether oxygens (including phenoxy) is 2. The van der Waals surface area contributed by atoms with Crippen LogP contribution in [-0.2, 0) is 18.0 Å². The second kappa shape index (κ2) is 5.98. The molecule has 7 heteroatoms. The Labute approximate surface area is 120 Å². The molecule has 3 aromatic rings. The third-order valence-corrected chi connectivity index (χ3v) is 3.51. The van der Waals surface area contributed by atoms with E-state index in [2.05, 4.69) is 15.1 Å². The summed E-state index contributed by atoms with van der Waals surface area (Å²) in [6.07, 6.45) is 5.19. The van der Waals surface area contributed by atoms with E-state index in [1.807, 2.05) is 18.4 Å². The molecular formula is C13H14N4O2S. The number of thiazole rings is 1. The van der Waals surface area contributed by atoms with Gasteiger partial charge in [0, 0.05) is 18.1 Å². The van der Waals surface area contributed by atoms with E-state index in [4.69, 9.17) is 9.47 Å². The van der Waals surface area contributed by atoms with E-state index in [0.717, 1.165) is 16.3 Å². The molecule has 6 nitrogen and oxygen atoms in total. The van der Waals surface area contributed by atoms with Crippen LogP contribution in [0.2, 0.25) is 0 Å². The molecule has 0 N–H and O–H groups in total. The Kier molecular flexibility index (Phi) is 3.89. The summed E-state index contributed by atoms with van der Waals surface area (Å²) in [5.74, 6) is 0.667. The number of nitrogens with zero attached hydrogens (tertiary/aromatic N) is 4. The van der Waals surface area contributed by atoms with E-state index in [9.17, 15) is 0 Å². The lowest BCUT2D eigenvalue weighted by Gasteiger charge is -2.03. The number of aromatic nitrogens is 4. The number of rotatable bonds is 6. The van der Waals surface area contributed by atoms with Crippen LogP contribution < -0.4 is 4.74 Å². The molecule has 20 heavy (non-hydrogen) atoms. The lowest BCUT2D eigenvalue weighted by Crippen LogP contribution is -1.99. The molecule has 3 aromatic heterocycles. The summed E-state index contributed by atoms with van der Waals surface area (Å²) < 4.78 is 12.7. The van der Waals surface area contributed by atoms with Crippen molar-refractivity contribution < 1.29 is 9.47 Å². The van der Waals surface area contributed by atoms with E-state index in [0.29, 0.717) is 25.6 Å². The van der Waals surface area contributed by atoms with Crippen LogP contribution in [0.4, 0.5) is 0 Å². The summed E-state index contributed by atoms with van der Waals surface area (Å²) in [5, 5.41) is 7.06. The van der Waals surface area contributed by atoms with Gasteiger partial charge in [-0.15, -0.1) is 11.3 Å². The molecule has 0 aliphatic rings. The molecule has 0 radical (unpaired) electrons. The molecule has 104 valence electrons. The highest BCUT2D eigenvalue weighted by atomic mass is 32.1. The molecular weight excluding hydrogens is 276 g/mol. The van der Waals surface area contributed by atoms with E-state index < -0.39 is 0 Å². The van der Waals surface area contributed by atoms with Gasteiger partial charge in [-0.25, -0.2) is 14.5 Å². The SMILES string of the molecule is CCOCc1nc(COc2cnc3ccnn3c2)cs1. The summed E-state index contributed by atoms with van der Waals surface area (Å²) in [6, 6.07) is 1.84. The molecule has 0 bridgehead atoms. The minimum Gasteiger partial charge on any atom is -0.484 e. The van der Waals surface area contributed by atoms with Gasteiger partial charge in [-0.05, 0) is 6.92 Å². The summed E-state index contributed by atoms with van der Waals surface area (Å²) in [5.41, 5.74) is 1.69. The van der Waals surface area contributed by atoms with Crippen molar-refractivity contribution in [1.82, 2.24) is 19.6 Å². The highest BCUT2D eigenvalue weighted by Crippen LogP contribution is 2.15. The van der Waals surface area contributed by atoms with Crippen LogP contribution in [0.25, 0.3) is 5.65 Å². The van der Waals surface area contributed by atoms with Crippen molar-refractivity contribution in [1.29, 1.82) is 0 Å². The van der Waals surface area contributed by atoms with E-state index >= 15 is 0 Å². The van der Waals surface area contributed by atoms with Gasteiger partial charge in [0.15, 0.2) is 11.4 Å². The summed E-state index contributed by atoms with van der Waals surface area (Å²) in [6.45, 7) is 3.63. The van der Waals surface area contributed by atoms with Crippen LogP contribution in [0.3, 0.4) is 0 Å². The third-order valence-electron chi connectivity index (χ3n) is 2.64. The standard InChI is InChI=1S/C13H14N4O2S/c1-2-18-8-13-16-10(9-20-13)7-19-11-5-14-12-3-4-15-17(12)6-11/h3-6,9H,2,7-8H2,1H3. The van der Waals surface area contributed by atoms with Crippen molar-refractivity contribution in [3.63, 3.8) is 0 Å². The average Bonchev–Trinajstić information content (AvgIpc) is 3.11. The Morgan fingerprint density at radius 3 is 3.20 bits per heavy atom. The number of hydrogen-bond donors (Lipinski definition) is 0. The van der Waals surface area contributed by atoms with Crippen LogP contribution >= 0.6 is 11.3 Å². The van der Waals surface area contributed by atoms with Gasteiger partial charge in [0.25, 0.3) is 0 Å². The molecule has 0 fully saturated rings. The molecule has 0 saturated carbocycles. The first-order chi connectivity index (χ1) is 9.85. The van der Waals surface area contributed by atoms with Gasteiger partial charge >= 0.3 is 0 Å². The molecule has 0 aliphatic carbocycles. The Morgan fingerprint density at radius 1 is 1.35 bits per heavy atom. The first-order valence-corrected chi connectivity index (χ1v) is 7.16. The van der Waals surface area contributed by atoms with Crippen LogP contribution in [0, 0.1) is 0 Å². The fourth-order valence-corrected chi connectivity index (χ4v) is 2.41. The highest BCUT2D eigenvalue weighted by Gasteiger charge is 2.04. The summed E-state index contributed by atoms with van der Waals surface area (Å²) in [7, 11) is 0. The van der Waals surface area contributed by atoms with Crippen molar-refractivity contribution in [2.45, 2.75) is 20.1 Å². The number of fused-ring (bicyclic) bond motifs is 1. The Balaban J connectivity index is 1.62. The first kappa shape index (κ1) is 13.0. The van der Waals surface area contributed by atoms with Gasteiger partial charge in [-0.2, -0.15) is 5.10 Å². The van der Waals surface area contributed by atoms with Crippen molar-refractivity contribution in [3.8, 4) is 5.75 Å². The van der Waals surface area contributed by atoms with Gasteiger partial charge in [0.05, 0.1) is 30.9 Å². The lowest BCUT2D eigenvalue weighted by molar-refractivity contribution is 0.133. The average molecular weight is 290 g/mol. The fraction of sp³-hybridized carbons (Fsp3) is 0.308. The fourth-order valence-electron chi connectivity index (χ4n) is 1.70. The van der Waals surface area contributed by atoms with E-state index in [1.54, 1.807) is 34.4 Å². The quantitative estimate of drug-likeness (QED) is 0.697. The second-order valence-electron chi connectivity index (χ2n) is 4.08. The molecule has 0 aromatic carbocycles. The lowest BCUT2D eigenvalue weighted by atomic mass is 10.5. The Morgan fingerprint density at radius 2 is 2.30 bits per heavy atom. The Hall–Kier alpha value is -1.99. The highest BCUT2D eigenvalue weighted by molar-refractivity contribution is 7.09. The van der Waals surface area contributed by atoms with Gasteiger partial charge in [0.1, 0.15) is 11.6 Å². The smallest absolute Gasteiger partial charge is 0.156 e. The maximum Gasteiger partial charge on any atom is 0.156 e. The molecule has 3 heterocycles. The van der Waals surface area contributed by atoms with Crippen LogP contribution in [0.5, 0.6) is 5.75 Å². The van der Waals surface area contributed by atoms with Crippen molar-refractivity contribution in [2.24, 2.45) is 0 Å². The van der Waals surface area contributed by atoms with Crippen LogP contribution in [-0.4, -0.2) is 26.2 Å². The van der Waals surface area contributed by atoms with E-state index in [1.165, 1.54) is 0 Å². The topological polar surface area (TPSA) is 61.5 Å². The van der Waals surface area contributed by atoms with Crippen molar-refractivity contribution in [2.75, 3.05) is 6.61 Å². The zero-order valence-corrected chi connectivity index (χ0v) is 11.8. The molecule has 0 atom stereocenters. The maximum absolute atomic E-state index is 5.67. The molecule has 3 rings (SSSR count). The molecule has 0 aliphatic heterocycles. The van der Waals surface area contributed by atoms with Gasteiger partial charge in [0.2, 0.25) is 0 Å². The van der Waals surface area contributed by atoms with E-state index in [-0.39, 0.29) is 0 Å². The second-order valence-corrected chi connectivity index (χ2v) is 5.02. The van der Waals surface area contributed by atoms with Crippen molar-refractivity contribution in [3.05, 3.63) is 40.7 Å². The van der Waals surface area contributed by atoms with Crippen LogP contribution in [0.1, 0.15) is 17.6 Å². The summed E-state index contributed by atoms with van der Waals surface area (Å²) >= 11 is 1.58. The van der Waals surface area contributed by atoms with Gasteiger partial charge < -0.3 is 9.47 Å². The summed E-state index contributed by atoms with van der Waals surface area (Å²) in [4.78, 5) is 8.68. The minimum atomic E-state index is 0.414. The largest absolute Gasteiger partial charge is 0.484 e. The maximum atomic E-state index is 5.67. The molecule has 0 amide bonds. The van der Waals surface area contributed by atoms with Crippen LogP contribution in [0.15, 0.2) is 30.0 Å². The number of hydrogen-bond acceptors (Lipinski definition) is 6. The monoisotopic (exact) mass is 290 g/mol. The first-order valence-electron chi connectivity index (χ1n) is 6.28. The van der Waals surface area contributed by atoms with Gasteiger partial charge in [-0.3, -0.25) is 0 Å². The predicted octanol–water partition coefficient (Wildman–Crippen LogP) is 2.30. The molecule has 0 spiro atoms. The Bertz CT molecular complexity index is 694. The normalized spacial score (nSPS) is 11.1. The molecule has 0 unspecified atom stereocenters. The van der Waals surface area contributed by atoms with Gasteiger partial charge in [-0.1, -0.05) is 0 Å². The third kappa shape index (κ3) is 2.94. The zero-order valence-electron chi connectivity index (χ0n) is 11.0.